The second-order valence-electron chi connectivity index (χ2n) is 5.99. The molecule has 0 nitrogen and oxygen atoms in total. The van der Waals surface area contributed by atoms with Gasteiger partial charge in [0.2, 0.25) is 0 Å². The van der Waals surface area contributed by atoms with E-state index in [2.05, 4.69) is 113 Å². The highest BCUT2D eigenvalue weighted by Crippen LogP contribution is 2.43. The third kappa shape index (κ3) is 3.73. The summed E-state index contributed by atoms with van der Waals surface area (Å²) < 4.78 is 0. The molecule has 0 aliphatic carbocycles. The van der Waals surface area contributed by atoms with Gasteiger partial charge in [-0.15, -0.1) is 0 Å². The smallest absolute Gasteiger partial charge is 0.0451 e. The zero-order valence-corrected chi connectivity index (χ0v) is 16.8. The third-order valence-corrected chi connectivity index (χ3v) is 6.78. The van der Waals surface area contributed by atoms with Crippen LogP contribution in [0.5, 0.6) is 0 Å². The van der Waals surface area contributed by atoms with E-state index in [9.17, 15) is 0 Å². The van der Waals surface area contributed by atoms with E-state index >= 15 is 0 Å². The van der Waals surface area contributed by atoms with E-state index in [-0.39, 0.29) is 5.41 Å². The molecule has 0 spiro atoms. The molecule has 0 heterocycles. The summed E-state index contributed by atoms with van der Waals surface area (Å²) in [5, 5.41) is 0. The highest BCUT2D eigenvalue weighted by Gasteiger charge is 2.35. The zero-order chi connectivity index (χ0) is 16.7. The Morgan fingerprint density at radius 3 is 1.33 bits per heavy atom. The third-order valence-electron chi connectivity index (χ3n) is 4.62. The summed E-state index contributed by atoms with van der Waals surface area (Å²) >= 11 is 2.51. The van der Waals surface area contributed by atoms with Gasteiger partial charge in [-0.1, -0.05) is 119 Å². The molecule has 1 atom stereocenters. The van der Waals surface area contributed by atoms with Crippen molar-refractivity contribution in [2.75, 3.05) is 6.16 Å². The average Bonchev–Trinajstić information content (AvgIpc) is 2.68. The van der Waals surface area contributed by atoms with Gasteiger partial charge in [0, 0.05) is 5.41 Å². The summed E-state index contributed by atoms with van der Waals surface area (Å²) in [4.78, 5) is 0. The standard InChI is InChI=1S/C22H22IP/c23-24-18-10-17-22(19-11-4-1-5-12-19,20-13-6-2-7-14-20)21-15-8-3-9-16-21/h1-9,11-16,24H,10,17-18H2. The Bertz CT molecular complexity index is 629. The fourth-order valence-corrected chi connectivity index (χ4v) is 4.98. The monoisotopic (exact) mass is 444 g/mol. The SMILES string of the molecule is IPCCCC(c1ccccc1)(c1ccccc1)c1ccccc1. The Morgan fingerprint density at radius 1 is 0.625 bits per heavy atom. The van der Waals surface area contributed by atoms with Crippen molar-refractivity contribution in [1.29, 1.82) is 0 Å². The molecule has 122 valence electrons. The van der Waals surface area contributed by atoms with E-state index in [0.29, 0.717) is 0 Å². The van der Waals surface area contributed by atoms with E-state index in [1.165, 1.54) is 29.3 Å². The summed E-state index contributed by atoms with van der Waals surface area (Å²) in [6, 6.07) is 33.0. The van der Waals surface area contributed by atoms with Gasteiger partial charge in [-0.3, -0.25) is 0 Å². The van der Waals surface area contributed by atoms with Crippen molar-refractivity contribution in [3.63, 3.8) is 0 Å². The lowest BCUT2D eigenvalue weighted by molar-refractivity contribution is 0.552. The van der Waals surface area contributed by atoms with Crippen molar-refractivity contribution in [3.05, 3.63) is 108 Å². The van der Waals surface area contributed by atoms with Crippen LogP contribution in [0.25, 0.3) is 0 Å². The number of benzene rings is 3. The van der Waals surface area contributed by atoms with Crippen molar-refractivity contribution in [2.24, 2.45) is 0 Å². The second kappa shape index (κ2) is 8.78. The van der Waals surface area contributed by atoms with Gasteiger partial charge in [0.25, 0.3) is 0 Å². The molecule has 2 heteroatoms. The maximum absolute atomic E-state index is 2.51. The van der Waals surface area contributed by atoms with Crippen LogP contribution in [0.3, 0.4) is 0 Å². The fourth-order valence-electron chi connectivity index (χ4n) is 3.52. The van der Waals surface area contributed by atoms with Crippen LogP contribution in [0.2, 0.25) is 0 Å². The van der Waals surface area contributed by atoms with Crippen LogP contribution in [0.15, 0.2) is 91.0 Å². The van der Waals surface area contributed by atoms with E-state index < -0.39 is 0 Å². The molecule has 3 rings (SSSR count). The first-order valence-corrected chi connectivity index (χ1v) is 12.7. The van der Waals surface area contributed by atoms with Crippen molar-refractivity contribution >= 4 is 28.3 Å². The van der Waals surface area contributed by atoms with E-state index in [1.807, 2.05) is 0 Å². The zero-order valence-electron chi connectivity index (χ0n) is 13.7. The molecule has 0 aliphatic heterocycles. The molecule has 3 aromatic carbocycles. The molecule has 3 aromatic rings. The highest BCUT2D eigenvalue weighted by atomic mass is 127. The first-order valence-electron chi connectivity index (χ1n) is 8.38. The Balaban J connectivity index is 2.20. The van der Waals surface area contributed by atoms with E-state index in [1.54, 1.807) is 0 Å². The molecular formula is C22H22IP. The van der Waals surface area contributed by atoms with Crippen LogP contribution in [-0.2, 0) is 5.41 Å². The Labute approximate surface area is 160 Å². The van der Waals surface area contributed by atoms with Crippen LogP contribution in [-0.4, -0.2) is 6.16 Å². The molecule has 0 N–H and O–H groups in total. The van der Waals surface area contributed by atoms with Gasteiger partial charge >= 0.3 is 0 Å². The lowest BCUT2D eigenvalue weighted by atomic mass is 9.67. The largest absolute Gasteiger partial charge is 0.0622 e. The van der Waals surface area contributed by atoms with Crippen molar-refractivity contribution in [2.45, 2.75) is 18.3 Å². The predicted molar refractivity (Wildman–Crippen MR) is 116 cm³/mol. The van der Waals surface area contributed by atoms with Gasteiger partial charge < -0.3 is 0 Å². The summed E-state index contributed by atoms with van der Waals surface area (Å²) in [5.74, 6) is 0. The van der Waals surface area contributed by atoms with Crippen molar-refractivity contribution in [1.82, 2.24) is 0 Å². The van der Waals surface area contributed by atoms with E-state index in [0.717, 1.165) is 12.6 Å². The molecular weight excluding hydrogens is 422 g/mol. The molecule has 0 bridgehead atoms. The van der Waals surface area contributed by atoms with Crippen LogP contribution < -0.4 is 0 Å². The van der Waals surface area contributed by atoms with Gasteiger partial charge in [0.05, 0.1) is 0 Å². The predicted octanol–water partition coefficient (Wildman–Crippen LogP) is 6.83. The highest BCUT2D eigenvalue weighted by molar-refractivity contribution is 14.2. The minimum Gasteiger partial charge on any atom is -0.0622 e. The van der Waals surface area contributed by atoms with Crippen molar-refractivity contribution < 1.29 is 0 Å². The summed E-state index contributed by atoms with van der Waals surface area (Å²) in [5.41, 5.74) is 4.10. The molecule has 0 amide bonds. The second-order valence-corrected chi connectivity index (χ2v) is 9.05. The summed E-state index contributed by atoms with van der Waals surface area (Å²) in [6.07, 6.45) is 4.65. The molecule has 0 radical (unpaired) electrons. The van der Waals surface area contributed by atoms with Crippen LogP contribution in [0.4, 0.5) is 0 Å². The molecule has 24 heavy (non-hydrogen) atoms. The van der Waals surface area contributed by atoms with Gasteiger partial charge in [-0.2, -0.15) is 0 Å². The lowest BCUT2D eigenvalue weighted by Crippen LogP contribution is -2.29. The topological polar surface area (TPSA) is 0 Å². The molecule has 0 saturated heterocycles. The molecule has 1 unspecified atom stereocenters. The number of hydrogen-bond donors (Lipinski definition) is 0. The average molecular weight is 444 g/mol. The lowest BCUT2D eigenvalue weighted by Gasteiger charge is -2.36. The van der Waals surface area contributed by atoms with Gasteiger partial charge in [0.15, 0.2) is 0 Å². The molecule has 0 aliphatic rings. The number of rotatable bonds is 7. The fraction of sp³-hybridized carbons (Fsp3) is 0.182. The first kappa shape index (κ1) is 17.6. The normalized spacial score (nSPS) is 11.9. The Morgan fingerprint density at radius 2 is 1.00 bits per heavy atom. The van der Waals surface area contributed by atoms with Crippen LogP contribution in [0.1, 0.15) is 29.5 Å². The summed E-state index contributed by atoms with van der Waals surface area (Å²) in [6.45, 7) is 0. The van der Waals surface area contributed by atoms with Crippen LogP contribution in [0, 0.1) is 0 Å². The van der Waals surface area contributed by atoms with Gasteiger partial charge in [-0.05, 0) is 35.7 Å². The maximum atomic E-state index is 2.51. The minimum absolute atomic E-state index is 0.0694. The van der Waals surface area contributed by atoms with Gasteiger partial charge in [0.1, 0.15) is 0 Å². The van der Waals surface area contributed by atoms with Crippen LogP contribution >= 0.6 is 28.3 Å². The maximum Gasteiger partial charge on any atom is 0.0451 e. The Hall–Kier alpha value is -1.18. The minimum atomic E-state index is -0.0694. The van der Waals surface area contributed by atoms with Crippen molar-refractivity contribution in [3.8, 4) is 0 Å². The molecule has 0 aromatic heterocycles. The molecule has 0 saturated carbocycles. The van der Waals surface area contributed by atoms with Gasteiger partial charge in [-0.25, -0.2) is 0 Å². The molecule has 0 fully saturated rings. The number of halogens is 1. The van der Waals surface area contributed by atoms with E-state index in [4.69, 9.17) is 0 Å². The summed E-state index contributed by atoms with van der Waals surface area (Å²) in [7, 11) is 0. The number of hydrogen-bond acceptors (Lipinski definition) is 0. The quantitative estimate of drug-likeness (QED) is 0.162. The Kier molecular flexibility index (Phi) is 6.45. The first-order chi connectivity index (χ1) is 11.9.